The first-order valence-corrected chi connectivity index (χ1v) is 5.76. The van der Waals surface area contributed by atoms with Crippen molar-refractivity contribution in [1.29, 1.82) is 0 Å². The van der Waals surface area contributed by atoms with E-state index < -0.39 is 11.0 Å². The number of anilines is 1. The summed E-state index contributed by atoms with van der Waals surface area (Å²) < 4.78 is 4.84. The molecule has 1 unspecified atom stereocenters. The molecule has 1 aromatic carbocycles. The number of ether oxygens (including phenoxy) is 1. The zero-order valence-electron chi connectivity index (χ0n) is 10.9. The van der Waals surface area contributed by atoms with Gasteiger partial charge in [-0.2, -0.15) is 0 Å². The van der Waals surface area contributed by atoms with Crippen LogP contribution in [0, 0.1) is 17.0 Å². The quantitative estimate of drug-likeness (QED) is 0.595. The number of rotatable bonds is 6. The van der Waals surface area contributed by atoms with Crippen molar-refractivity contribution in [1.82, 2.24) is 0 Å². The summed E-state index contributed by atoms with van der Waals surface area (Å²) in [5.74, 6) is -0.342. The molecule has 0 aliphatic heterocycles. The summed E-state index contributed by atoms with van der Waals surface area (Å²) in [5.41, 5.74) is 6.65. The zero-order valence-corrected chi connectivity index (χ0v) is 10.9. The molecular weight excluding hydrogens is 250 g/mol. The summed E-state index contributed by atoms with van der Waals surface area (Å²) in [4.78, 5) is 21.9. The zero-order chi connectivity index (χ0) is 14.4. The Labute approximate surface area is 110 Å². The van der Waals surface area contributed by atoms with Gasteiger partial charge in [0, 0.05) is 31.0 Å². The molecule has 0 aliphatic rings. The molecule has 1 aromatic rings. The first kappa shape index (κ1) is 15.1. The van der Waals surface area contributed by atoms with Crippen LogP contribution in [0.3, 0.4) is 0 Å². The summed E-state index contributed by atoms with van der Waals surface area (Å²) in [7, 11) is 1.53. The summed E-state index contributed by atoms with van der Waals surface area (Å²) in [6, 6.07) is 3.70. The molecule has 0 bridgehead atoms. The van der Waals surface area contributed by atoms with Gasteiger partial charge in [-0.25, -0.2) is 0 Å². The molecule has 3 N–H and O–H groups in total. The highest BCUT2D eigenvalue weighted by atomic mass is 16.6. The van der Waals surface area contributed by atoms with Crippen LogP contribution in [0.15, 0.2) is 18.2 Å². The monoisotopic (exact) mass is 267 g/mol. The predicted octanol–water partition coefficient (Wildman–Crippen LogP) is 1.21. The number of nitro benzene ring substituents is 1. The molecule has 19 heavy (non-hydrogen) atoms. The van der Waals surface area contributed by atoms with E-state index in [-0.39, 0.29) is 11.6 Å². The van der Waals surface area contributed by atoms with Crippen LogP contribution >= 0.6 is 0 Å². The Hall–Kier alpha value is -1.99. The van der Waals surface area contributed by atoms with Gasteiger partial charge >= 0.3 is 0 Å². The second kappa shape index (κ2) is 6.81. The van der Waals surface area contributed by atoms with E-state index in [9.17, 15) is 14.9 Å². The van der Waals surface area contributed by atoms with E-state index in [4.69, 9.17) is 10.5 Å². The lowest BCUT2D eigenvalue weighted by atomic mass is 10.1. The van der Waals surface area contributed by atoms with Crippen molar-refractivity contribution >= 4 is 17.3 Å². The molecule has 1 rings (SSSR count). The molecule has 0 saturated carbocycles. The number of nitrogens with zero attached hydrogens (tertiary/aromatic N) is 1. The number of nitrogens with one attached hydrogen (secondary N) is 1. The summed E-state index contributed by atoms with van der Waals surface area (Å²) in [5, 5.41) is 13.3. The average Bonchev–Trinajstić information content (AvgIpc) is 2.35. The van der Waals surface area contributed by atoms with Crippen molar-refractivity contribution in [2.45, 2.75) is 19.4 Å². The Bertz CT molecular complexity index is 476. The number of benzene rings is 1. The molecule has 1 amide bonds. The lowest BCUT2D eigenvalue weighted by Gasteiger charge is -2.12. The molecule has 104 valence electrons. The molecule has 0 aromatic heterocycles. The van der Waals surface area contributed by atoms with Gasteiger partial charge in [0.2, 0.25) is 5.91 Å². The van der Waals surface area contributed by atoms with E-state index in [0.29, 0.717) is 24.3 Å². The van der Waals surface area contributed by atoms with Crippen LogP contribution in [0.1, 0.15) is 12.0 Å². The number of hydrogen-bond donors (Lipinski definition) is 2. The van der Waals surface area contributed by atoms with Gasteiger partial charge in [-0.3, -0.25) is 14.9 Å². The van der Waals surface area contributed by atoms with Gasteiger partial charge in [0.15, 0.2) is 0 Å². The summed E-state index contributed by atoms with van der Waals surface area (Å²) in [6.07, 6.45) is 0.411. The normalized spacial score (nSPS) is 11.9. The highest BCUT2D eigenvalue weighted by Gasteiger charge is 2.15. The molecule has 0 radical (unpaired) electrons. The second-order valence-electron chi connectivity index (χ2n) is 4.14. The number of carbonyl (C=O) groups is 1. The highest BCUT2D eigenvalue weighted by Crippen LogP contribution is 2.21. The highest BCUT2D eigenvalue weighted by molar-refractivity contribution is 5.94. The molecule has 7 heteroatoms. The van der Waals surface area contributed by atoms with Crippen LogP contribution in [-0.2, 0) is 9.53 Å². The van der Waals surface area contributed by atoms with Crippen LogP contribution in [0.4, 0.5) is 11.4 Å². The van der Waals surface area contributed by atoms with Crippen LogP contribution in [0.5, 0.6) is 0 Å². The van der Waals surface area contributed by atoms with Gasteiger partial charge < -0.3 is 15.8 Å². The van der Waals surface area contributed by atoms with E-state index in [1.165, 1.54) is 19.2 Å². The van der Waals surface area contributed by atoms with Crippen molar-refractivity contribution in [2.75, 3.05) is 19.0 Å². The van der Waals surface area contributed by atoms with Crippen molar-refractivity contribution in [3.05, 3.63) is 33.9 Å². The lowest BCUT2D eigenvalue weighted by molar-refractivity contribution is -0.385. The number of methoxy groups -OCH3 is 1. The van der Waals surface area contributed by atoms with E-state index in [2.05, 4.69) is 5.32 Å². The predicted molar refractivity (Wildman–Crippen MR) is 70.9 cm³/mol. The van der Waals surface area contributed by atoms with Crippen molar-refractivity contribution in [3.63, 3.8) is 0 Å². The molecule has 0 saturated heterocycles. The van der Waals surface area contributed by atoms with E-state index in [0.717, 1.165) is 0 Å². The molecule has 7 nitrogen and oxygen atoms in total. The van der Waals surface area contributed by atoms with Gasteiger partial charge in [0.05, 0.1) is 11.0 Å². The molecule has 0 fully saturated rings. The first-order valence-electron chi connectivity index (χ1n) is 5.76. The lowest BCUT2D eigenvalue weighted by Crippen LogP contribution is -2.36. The van der Waals surface area contributed by atoms with E-state index in [1.54, 1.807) is 13.0 Å². The number of amides is 1. The molecule has 0 aliphatic carbocycles. The molecule has 1 atom stereocenters. The Kier molecular flexibility index (Phi) is 5.40. The van der Waals surface area contributed by atoms with Crippen molar-refractivity contribution in [2.24, 2.45) is 5.73 Å². The summed E-state index contributed by atoms with van der Waals surface area (Å²) in [6.45, 7) is 2.01. The Morgan fingerprint density at radius 2 is 2.26 bits per heavy atom. The standard InChI is InChI=1S/C12H17N3O4/c1-8-7-9(3-4-11(8)15(17)18)14-12(16)10(13)5-6-19-2/h3-4,7,10H,5-6,13H2,1-2H3,(H,14,16). The maximum atomic E-state index is 11.7. The van der Waals surface area contributed by atoms with E-state index in [1.807, 2.05) is 0 Å². The molecule has 0 spiro atoms. The average molecular weight is 267 g/mol. The third-order valence-electron chi connectivity index (χ3n) is 2.63. The van der Waals surface area contributed by atoms with Gasteiger partial charge in [-0.15, -0.1) is 0 Å². The van der Waals surface area contributed by atoms with Crippen LogP contribution < -0.4 is 11.1 Å². The van der Waals surface area contributed by atoms with Crippen LogP contribution in [0.25, 0.3) is 0 Å². The van der Waals surface area contributed by atoms with E-state index >= 15 is 0 Å². The number of nitro groups is 1. The molecule has 0 heterocycles. The number of carbonyl (C=O) groups excluding carboxylic acids is 1. The fourth-order valence-electron chi connectivity index (χ4n) is 1.55. The smallest absolute Gasteiger partial charge is 0.272 e. The topological polar surface area (TPSA) is 107 Å². The first-order chi connectivity index (χ1) is 8.95. The van der Waals surface area contributed by atoms with Gasteiger partial charge in [-0.05, 0) is 25.5 Å². The maximum Gasteiger partial charge on any atom is 0.272 e. The van der Waals surface area contributed by atoms with Crippen LogP contribution in [0.2, 0.25) is 0 Å². The minimum absolute atomic E-state index is 0.0154. The van der Waals surface area contributed by atoms with Gasteiger partial charge in [0.1, 0.15) is 0 Å². The number of nitrogens with two attached hydrogens (primary N) is 1. The van der Waals surface area contributed by atoms with Crippen LogP contribution in [-0.4, -0.2) is 30.6 Å². The Balaban J connectivity index is 2.70. The maximum absolute atomic E-state index is 11.7. The number of hydrogen-bond acceptors (Lipinski definition) is 5. The second-order valence-corrected chi connectivity index (χ2v) is 4.14. The third kappa shape index (κ3) is 4.31. The fraction of sp³-hybridized carbons (Fsp3) is 0.417. The van der Waals surface area contributed by atoms with Gasteiger partial charge in [0.25, 0.3) is 5.69 Å². The summed E-state index contributed by atoms with van der Waals surface area (Å²) >= 11 is 0. The van der Waals surface area contributed by atoms with Gasteiger partial charge in [-0.1, -0.05) is 0 Å². The SMILES string of the molecule is COCCC(N)C(=O)Nc1ccc([N+](=O)[O-])c(C)c1. The minimum Gasteiger partial charge on any atom is -0.385 e. The fourth-order valence-corrected chi connectivity index (χ4v) is 1.55. The van der Waals surface area contributed by atoms with Crippen molar-refractivity contribution in [3.8, 4) is 0 Å². The minimum atomic E-state index is -0.671. The number of aryl methyl sites for hydroxylation is 1. The Morgan fingerprint density at radius 1 is 1.58 bits per heavy atom. The van der Waals surface area contributed by atoms with Crippen molar-refractivity contribution < 1.29 is 14.5 Å². The largest absolute Gasteiger partial charge is 0.385 e. The Morgan fingerprint density at radius 3 is 2.79 bits per heavy atom. The molecular formula is C12H17N3O4. The third-order valence-corrected chi connectivity index (χ3v) is 2.63.